The first-order chi connectivity index (χ1) is 11.2. The van der Waals surface area contributed by atoms with E-state index in [0.29, 0.717) is 12.4 Å². The second-order valence-electron chi connectivity index (χ2n) is 5.72. The van der Waals surface area contributed by atoms with E-state index in [1.165, 1.54) is 0 Å². The molecule has 0 aromatic carbocycles. The Morgan fingerprint density at radius 3 is 2.70 bits per heavy atom. The molecule has 2 aromatic rings. The van der Waals surface area contributed by atoms with Gasteiger partial charge in [0.2, 0.25) is 5.89 Å². The fourth-order valence-corrected chi connectivity index (χ4v) is 3.05. The standard InChI is InChI=1S/C15H22N6OS/c1-11-8-16-12(2)15(17-11)21-6-4-20(5-7-21)9-14-18-13(10-23-3)19-22-14/h8H,4-7,9-10H2,1-3H3. The molecule has 0 atom stereocenters. The normalized spacial score (nSPS) is 16.0. The van der Waals surface area contributed by atoms with Gasteiger partial charge in [0.05, 0.1) is 23.7 Å². The van der Waals surface area contributed by atoms with Crippen LogP contribution < -0.4 is 4.90 Å². The van der Waals surface area contributed by atoms with E-state index in [9.17, 15) is 0 Å². The van der Waals surface area contributed by atoms with Gasteiger partial charge in [-0.15, -0.1) is 0 Å². The van der Waals surface area contributed by atoms with Gasteiger partial charge in [0.1, 0.15) is 5.82 Å². The lowest BCUT2D eigenvalue weighted by Crippen LogP contribution is -2.46. The van der Waals surface area contributed by atoms with Crippen molar-refractivity contribution < 1.29 is 4.52 Å². The summed E-state index contributed by atoms with van der Waals surface area (Å²) in [6, 6.07) is 0. The second kappa shape index (κ2) is 7.27. The van der Waals surface area contributed by atoms with E-state index in [1.807, 2.05) is 26.3 Å². The smallest absolute Gasteiger partial charge is 0.240 e. The fraction of sp³-hybridized carbons (Fsp3) is 0.600. The number of aromatic nitrogens is 4. The van der Waals surface area contributed by atoms with Crippen molar-refractivity contribution in [3.8, 4) is 0 Å². The fourth-order valence-electron chi connectivity index (χ4n) is 2.68. The van der Waals surface area contributed by atoms with E-state index in [2.05, 4.69) is 29.9 Å². The summed E-state index contributed by atoms with van der Waals surface area (Å²) in [6.07, 6.45) is 3.85. The average Bonchev–Trinajstić information content (AvgIpc) is 2.98. The molecule has 0 bridgehead atoms. The van der Waals surface area contributed by atoms with Crippen molar-refractivity contribution >= 4 is 17.6 Å². The van der Waals surface area contributed by atoms with Gasteiger partial charge in [-0.3, -0.25) is 9.88 Å². The molecule has 0 saturated carbocycles. The summed E-state index contributed by atoms with van der Waals surface area (Å²) >= 11 is 1.70. The van der Waals surface area contributed by atoms with E-state index >= 15 is 0 Å². The number of aryl methyl sites for hydroxylation is 2. The molecule has 0 amide bonds. The first-order valence-corrected chi connectivity index (χ1v) is 9.13. The maximum Gasteiger partial charge on any atom is 0.240 e. The summed E-state index contributed by atoms with van der Waals surface area (Å²) in [6.45, 7) is 8.49. The second-order valence-corrected chi connectivity index (χ2v) is 6.59. The summed E-state index contributed by atoms with van der Waals surface area (Å²) in [5.74, 6) is 3.28. The summed E-state index contributed by atoms with van der Waals surface area (Å²) in [5, 5.41) is 3.99. The van der Waals surface area contributed by atoms with Gasteiger partial charge in [-0.05, 0) is 20.1 Å². The molecule has 0 aliphatic carbocycles. The molecule has 3 heterocycles. The monoisotopic (exact) mass is 334 g/mol. The third-order valence-electron chi connectivity index (χ3n) is 3.87. The zero-order valence-corrected chi connectivity index (χ0v) is 14.6. The first-order valence-electron chi connectivity index (χ1n) is 7.73. The lowest BCUT2D eigenvalue weighted by atomic mass is 10.3. The molecule has 7 nitrogen and oxygen atoms in total. The van der Waals surface area contributed by atoms with Crippen LogP contribution in [0, 0.1) is 13.8 Å². The van der Waals surface area contributed by atoms with Crippen LogP contribution >= 0.6 is 11.8 Å². The minimum atomic E-state index is 0.703. The van der Waals surface area contributed by atoms with Crippen molar-refractivity contribution in [1.29, 1.82) is 0 Å². The largest absolute Gasteiger partial charge is 0.353 e. The molecule has 8 heteroatoms. The van der Waals surface area contributed by atoms with Crippen molar-refractivity contribution in [2.45, 2.75) is 26.1 Å². The van der Waals surface area contributed by atoms with E-state index in [0.717, 1.165) is 55.0 Å². The van der Waals surface area contributed by atoms with E-state index in [1.54, 1.807) is 11.8 Å². The Balaban J connectivity index is 1.56. The van der Waals surface area contributed by atoms with Crippen LogP contribution in [-0.4, -0.2) is 57.4 Å². The lowest BCUT2D eigenvalue weighted by molar-refractivity contribution is 0.215. The van der Waals surface area contributed by atoms with Crippen molar-refractivity contribution in [2.75, 3.05) is 37.3 Å². The van der Waals surface area contributed by atoms with Crippen molar-refractivity contribution in [1.82, 2.24) is 25.0 Å². The highest BCUT2D eigenvalue weighted by Gasteiger charge is 2.21. The van der Waals surface area contributed by atoms with Crippen molar-refractivity contribution in [2.24, 2.45) is 0 Å². The zero-order valence-electron chi connectivity index (χ0n) is 13.8. The number of hydrogen-bond acceptors (Lipinski definition) is 8. The molecule has 23 heavy (non-hydrogen) atoms. The van der Waals surface area contributed by atoms with Crippen LogP contribution in [0.1, 0.15) is 23.1 Å². The Morgan fingerprint density at radius 1 is 1.17 bits per heavy atom. The number of piperazine rings is 1. The van der Waals surface area contributed by atoms with Crippen LogP contribution in [0.25, 0.3) is 0 Å². The van der Waals surface area contributed by atoms with Gasteiger partial charge in [0.15, 0.2) is 5.82 Å². The Kier molecular flexibility index (Phi) is 5.12. The molecule has 1 aliphatic heterocycles. The molecule has 0 radical (unpaired) electrons. The molecule has 1 fully saturated rings. The molecule has 0 N–H and O–H groups in total. The maximum atomic E-state index is 5.31. The van der Waals surface area contributed by atoms with Crippen LogP contribution in [0.3, 0.4) is 0 Å². The summed E-state index contributed by atoms with van der Waals surface area (Å²) < 4.78 is 5.31. The molecule has 124 valence electrons. The maximum absolute atomic E-state index is 5.31. The minimum absolute atomic E-state index is 0.703. The van der Waals surface area contributed by atoms with Gasteiger partial charge in [-0.25, -0.2) is 4.98 Å². The summed E-state index contributed by atoms with van der Waals surface area (Å²) in [7, 11) is 0. The minimum Gasteiger partial charge on any atom is -0.353 e. The topological polar surface area (TPSA) is 71.2 Å². The third-order valence-corrected chi connectivity index (χ3v) is 4.41. The quantitative estimate of drug-likeness (QED) is 0.817. The van der Waals surface area contributed by atoms with Gasteiger partial charge in [-0.2, -0.15) is 16.7 Å². The first kappa shape index (κ1) is 16.2. The SMILES string of the molecule is CSCc1noc(CN2CCN(c3nc(C)cnc3C)CC2)n1. The third kappa shape index (κ3) is 4.00. The van der Waals surface area contributed by atoms with Crippen LogP contribution in [0.5, 0.6) is 0 Å². The summed E-state index contributed by atoms with van der Waals surface area (Å²) in [4.78, 5) is 18.1. The van der Waals surface area contributed by atoms with Gasteiger partial charge in [0.25, 0.3) is 0 Å². The van der Waals surface area contributed by atoms with Crippen LogP contribution in [0.2, 0.25) is 0 Å². The number of rotatable bonds is 5. The van der Waals surface area contributed by atoms with Crippen molar-refractivity contribution in [3.05, 3.63) is 29.3 Å². The van der Waals surface area contributed by atoms with E-state index < -0.39 is 0 Å². The average molecular weight is 334 g/mol. The van der Waals surface area contributed by atoms with Gasteiger partial charge in [0, 0.05) is 32.4 Å². The van der Waals surface area contributed by atoms with Gasteiger partial charge >= 0.3 is 0 Å². The molecule has 1 saturated heterocycles. The highest BCUT2D eigenvalue weighted by Crippen LogP contribution is 2.18. The van der Waals surface area contributed by atoms with Crippen LogP contribution in [0.15, 0.2) is 10.7 Å². The van der Waals surface area contributed by atoms with Gasteiger partial charge in [-0.1, -0.05) is 5.16 Å². The van der Waals surface area contributed by atoms with Crippen molar-refractivity contribution in [3.63, 3.8) is 0 Å². The predicted molar refractivity (Wildman–Crippen MR) is 90.5 cm³/mol. The highest BCUT2D eigenvalue weighted by atomic mass is 32.2. The molecular formula is C15H22N6OS. The Morgan fingerprint density at radius 2 is 1.96 bits per heavy atom. The van der Waals surface area contributed by atoms with E-state index in [-0.39, 0.29) is 0 Å². The van der Waals surface area contributed by atoms with E-state index in [4.69, 9.17) is 4.52 Å². The molecule has 1 aliphatic rings. The summed E-state index contributed by atoms with van der Waals surface area (Å²) in [5.41, 5.74) is 1.95. The molecule has 0 unspecified atom stereocenters. The number of thioether (sulfide) groups is 1. The number of nitrogens with zero attached hydrogens (tertiary/aromatic N) is 6. The predicted octanol–water partition coefficient (Wildman–Crippen LogP) is 1.66. The Hall–Kier alpha value is -1.67. The highest BCUT2D eigenvalue weighted by molar-refractivity contribution is 7.97. The van der Waals surface area contributed by atoms with Gasteiger partial charge < -0.3 is 9.42 Å². The van der Waals surface area contributed by atoms with Crippen LogP contribution in [-0.2, 0) is 12.3 Å². The molecule has 3 rings (SSSR count). The Labute approximate surface area is 140 Å². The Bertz CT molecular complexity index is 653. The zero-order chi connectivity index (χ0) is 16.2. The number of anilines is 1. The molecule has 0 spiro atoms. The molecule has 2 aromatic heterocycles. The van der Waals surface area contributed by atoms with Crippen LogP contribution in [0.4, 0.5) is 5.82 Å². The number of hydrogen-bond donors (Lipinski definition) is 0. The lowest BCUT2D eigenvalue weighted by Gasteiger charge is -2.35. The molecular weight excluding hydrogens is 312 g/mol.